The first-order valence-corrected chi connectivity index (χ1v) is 11.3. The first-order valence-electron chi connectivity index (χ1n) is 11.3. The molecule has 0 spiro atoms. The maximum atomic E-state index is 13.6. The molecule has 1 aliphatic carbocycles. The number of aromatic amines is 1. The summed E-state index contributed by atoms with van der Waals surface area (Å²) < 4.78 is 11.6. The van der Waals surface area contributed by atoms with Crippen LogP contribution in [0.5, 0.6) is 11.5 Å². The van der Waals surface area contributed by atoms with Crippen LogP contribution < -0.4 is 9.47 Å². The van der Waals surface area contributed by atoms with Crippen molar-refractivity contribution in [2.24, 2.45) is 5.41 Å². The highest BCUT2D eigenvalue weighted by Gasteiger charge is 2.38. The number of nitrogens with one attached hydrogen (secondary N) is 1. The van der Waals surface area contributed by atoms with Crippen LogP contribution in [0.1, 0.15) is 83.2 Å². The third-order valence-electron chi connectivity index (χ3n) is 6.78. The third kappa shape index (κ3) is 3.52. The molecule has 164 valence electrons. The second kappa shape index (κ2) is 7.43. The van der Waals surface area contributed by atoms with E-state index in [1.54, 1.807) is 0 Å². The Morgan fingerprint density at radius 1 is 1.13 bits per heavy atom. The number of fused-ring (bicyclic) bond motifs is 2. The zero-order valence-corrected chi connectivity index (χ0v) is 18.5. The highest BCUT2D eigenvalue weighted by molar-refractivity contribution is 6.04. The van der Waals surface area contributed by atoms with E-state index in [4.69, 9.17) is 9.47 Å². The molecule has 1 aromatic heterocycles. The fourth-order valence-corrected chi connectivity index (χ4v) is 5.33. The van der Waals surface area contributed by atoms with Gasteiger partial charge in [-0.2, -0.15) is 0 Å². The lowest BCUT2D eigenvalue weighted by molar-refractivity contribution is 0.0729. The summed E-state index contributed by atoms with van der Waals surface area (Å²) in [7, 11) is 0. The van der Waals surface area contributed by atoms with Gasteiger partial charge in [0.25, 0.3) is 5.91 Å². The number of aromatic nitrogens is 1. The van der Waals surface area contributed by atoms with Gasteiger partial charge in [0.2, 0.25) is 0 Å². The van der Waals surface area contributed by atoms with Gasteiger partial charge < -0.3 is 19.4 Å². The minimum absolute atomic E-state index is 0.00322. The van der Waals surface area contributed by atoms with E-state index < -0.39 is 0 Å². The maximum Gasteiger partial charge on any atom is 0.271 e. The lowest BCUT2D eigenvalue weighted by Crippen LogP contribution is -2.31. The van der Waals surface area contributed by atoms with Gasteiger partial charge in [-0.3, -0.25) is 9.59 Å². The second-order valence-corrected chi connectivity index (χ2v) is 9.83. The number of carbonyl (C=O) groups is 2. The standard InChI is InChI=1S/C25H30N2O4/c1-15-22-17(13-25(2,3)14-19(22)28)26-23(15)24(29)27-9-4-6-18(27)16-7-8-20-21(12-16)31-11-5-10-30-20/h7-8,12,18,26H,4-6,9-11,13-14H2,1-3H3/t18-/m1/s1. The van der Waals surface area contributed by atoms with Crippen molar-refractivity contribution >= 4 is 11.7 Å². The second-order valence-electron chi connectivity index (χ2n) is 9.83. The fourth-order valence-electron chi connectivity index (χ4n) is 5.33. The summed E-state index contributed by atoms with van der Waals surface area (Å²) in [6.45, 7) is 8.12. The van der Waals surface area contributed by atoms with E-state index in [9.17, 15) is 9.59 Å². The van der Waals surface area contributed by atoms with Gasteiger partial charge in [-0.15, -0.1) is 0 Å². The van der Waals surface area contributed by atoms with Gasteiger partial charge in [-0.05, 0) is 54.9 Å². The maximum absolute atomic E-state index is 13.6. The summed E-state index contributed by atoms with van der Waals surface area (Å²) in [5.74, 6) is 1.65. The molecule has 31 heavy (non-hydrogen) atoms. The number of H-pyrrole nitrogens is 1. The van der Waals surface area contributed by atoms with Crippen molar-refractivity contribution in [3.8, 4) is 11.5 Å². The minimum atomic E-state index is -0.0816. The summed E-state index contributed by atoms with van der Waals surface area (Å²) in [4.78, 5) is 31.6. The van der Waals surface area contributed by atoms with Crippen LogP contribution >= 0.6 is 0 Å². The fraction of sp³-hybridized carbons (Fsp3) is 0.520. The van der Waals surface area contributed by atoms with Crippen LogP contribution in [0.4, 0.5) is 0 Å². The van der Waals surface area contributed by atoms with Crippen LogP contribution in [0, 0.1) is 12.3 Å². The Balaban J connectivity index is 1.45. The van der Waals surface area contributed by atoms with Crippen molar-refractivity contribution < 1.29 is 19.1 Å². The average Bonchev–Trinajstić information content (AvgIpc) is 3.24. The van der Waals surface area contributed by atoms with Gasteiger partial charge in [0.05, 0.1) is 19.3 Å². The van der Waals surface area contributed by atoms with Gasteiger partial charge in [0.1, 0.15) is 5.69 Å². The SMILES string of the molecule is Cc1c(C(=O)N2CCC[C@@H]2c2ccc3c(c2)OCCCO3)[nH]c2c1C(=O)CC(C)(C)C2. The molecule has 0 unspecified atom stereocenters. The predicted octanol–water partition coefficient (Wildman–Crippen LogP) is 4.62. The molecule has 2 aromatic rings. The Kier molecular flexibility index (Phi) is 4.83. The summed E-state index contributed by atoms with van der Waals surface area (Å²) in [5.41, 5.74) is 3.99. The van der Waals surface area contributed by atoms with E-state index in [0.29, 0.717) is 31.9 Å². The number of benzene rings is 1. The number of Topliss-reactive ketones (excluding diaryl/α,β-unsaturated/α-hetero) is 1. The van der Waals surface area contributed by atoms with E-state index in [1.807, 2.05) is 30.0 Å². The molecule has 1 amide bonds. The number of hydrogen-bond donors (Lipinski definition) is 1. The molecular formula is C25H30N2O4. The largest absolute Gasteiger partial charge is 0.490 e. The molecule has 1 saturated heterocycles. The number of ether oxygens (including phenoxy) is 2. The van der Waals surface area contributed by atoms with Crippen molar-refractivity contribution in [3.05, 3.63) is 46.3 Å². The normalized spacial score (nSPS) is 22.2. The summed E-state index contributed by atoms with van der Waals surface area (Å²) in [5, 5.41) is 0. The average molecular weight is 423 g/mol. The van der Waals surface area contributed by atoms with Crippen molar-refractivity contribution in [2.75, 3.05) is 19.8 Å². The molecule has 1 N–H and O–H groups in total. The molecule has 3 heterocycles. The molecule has 1 atom stereocenters. The number of likely N-dealkylation sites (tertiary alicyclic amines) is 1. The molecule has 0 saturated carbocycles. The van der Waals surface area contributed by atoms with Crippen LogP contribution in [0.2, 0.25) is 0 Å². The highest BCUT2D eigenvalue weighted by atomic mass is 16.5. The van der Waals surface area contributed by atoms with E-state index in [-0.39, 0.29) is 23.1 Å². The third-order valence-corrected chi connectivity index (χ3v) is 6.78. The molecule has 3 aliphatic rings. The first-order chi connectivity index (χ1) is 14.8. The number of amides is 1. The van der Waals surface area contributed by atoms with Crippen LogP contribution in [0.15, 0.2) is 18.2 Å². The monoisotopic (exact) mass is 422 g/mol. The van der Waals surface area contributed by atoms with Crippen LogP contribution in [-0.4, -0.2) is 41.3 Å². The Hall–Kier alpha value is -2.76. The summed E-state index contributed by atoms with van der Waals surface area (Å²) in [6, 6.07) is 6.02. The minimum Gasteiger partial charge on any atom is -0.490 e. The smallest absolute Gasteiger partial charge is 0.271 e. The number of rotatable bonds is 2. The Bertz CT molecular complexity index is 1050. The molecule has 6 nitrogen and oxygen atoms in total. The van der Waals surface area contributed by atoms with Gasteiger partial charge in [-0.1, -0.05) is 19.9 Å². The van der Waals surface area contributed by atoms with E-state index in [2.05, 4.69) is 18.8 Å². The van der Waals surface area contributed by atoms with Crippen LogP contribution in [0.3, 0.4) is 0 Å². The van der Waals surface area contributed by atoms with Gasteiger partial charge >= 0.3 is 0 Å². The predicted molar refractivity (Wildman–Crippen MR) is 117 cm³/mol. The number of ketones is 1. The molecule has 1 aromatic carbocycles. The van der Waals surface area contributed by atoms with Crippen molar-refractivity contribution in [2.45, 2.75) is 58.9 Å². The Morgan fingerprint density at radius 3 is 2.71 bits per heavy atom. The summed E-state index contributed by atoms with van der Waals surface area (Å²) in [6.07, 6.45) is 4.04. The van der Waals surface area contributed by atoms with E-state index in [1.165, 1.54) is 0 Å². The number of carbonyl (C=O) groups excluding carboxylic acids is 2. The van der Waals surface area contributed by atoms with Crippen molar-refractivity contribution in [1.82, 2.24) is 9.88 Å². The summed E-state index contributed by atoms with van der Waals surface area (Å²) >= 11 is 0. The van der Waals surface area contributed by atoms with Crippen LogP contribution in [-0.2, 0) is 6.42 Å². The Labute approximate surface area is 182 Å². The zero-order valence-electron chi connectivity index (χ0n) is 18.5. The molecule has 1 fully saturated rings. The zero-order chi connectivity index (χ0) is 21.8. The van der Waals surface area contributed by atoms with E-state index >= 15 is 0 Å². The molecular weight excluding hydrogens is 392 g/mol. The highest BCUT2D eigenvalue weighted by Crippen LogP contribution is 2.40. The van der Waals surface area contributed by atoms with Crippen LogP contribution in [0.25, 0.3) is 0 Å². The lowest BCUT2D eigenvalue weighted by Gasteiger charge is -2.28. The number of nitrogens with zero attached hydrogens (tertiary/aromatic N) is 1. The molecule has 2 aliphatic heterocycles. The number of hydrogen-bond acceptors (Lipinski definition) is 4. The Morgan fingerprint density at radius 2 is 1.90 bits per heavy atom. The van der Waals surface area contributed by atoms with Crippen molar-refractivity contribution in [1.29, 1.82) is 0 Å². The first kappa shape index (κ1) is 20.2. The lowest BCUT2D eigenvalue weighted by atomic mass is 9.75. The van der Waals surface area contributed by atoms with Gasteiger partial charge in [-0.25, -0.2) is 0 Å². The molecule has 5 rings (SSSR count). The molecule has 0 bridgehead atoms. The molecule has 0 radical (unpaired) electrons. The topological polar surface area (TPSA) is 71.6 Å². The quantitative estimate of drug-likeness (QED) is 0.767. The molecule has 6 heteroatoms. The van der Waals surface area contributed by atoms with E-state index in [0.717, 1.165) is 59.6 Å². The van der Waals surface area contributed by atoms with Crippen molar-refractivity contribution in [3.63, 3.8) is 0 Å². The van der Waals surface area contributed by atoms with Gasteiger partial charge in [0, 0.05) is 30.6 Å². The van der Waals surface area contributed by atoms with Gasteiger partial charge in [0.15, 0.2) is 17.3 Å².